The normalized spacial score (nSPS) is 27.3. The number of hydrogen-bond acceptors (Lipinski definition) is 2. The molecule has 1 aliphatic heterocycles. The van der Waals surface area contributed by atoms with E-state index in [1.807, 2.05) is 0 Å². The van der Waals surface area contributed by atoms with Gasteiger partial charge >= 0.3 is 0 Å². The number of nitrogens with zero attached hydrogens (tertiary/aromatic N) is 1. The van der Waals surface area contributed by atoms with Gasteiger partial charge in [0.25, 0.3) is 0 Å². The summed E-state index contributed by atoms with van der Waals surface area (Å²) >= 11 is 0. The van der Waals surface area contributed by atoms with Crippen LogP contribution in [0.2, 0.25) is 0 Å². The summed E-state index contributed by atoms with van der Waals surface area (Å²) in [6.07, 6.45) is 2.53. The Hall–Kier alpha value is -1.00. The first-order chi connectivity index (χ1) is 10.0. The van der Waals surface area contributed by atoms with E-state index in [9.17, 15) is 8.78 Å². The summed E-state index contributed by atoms with van der Waals surface area (Å²) in [5.41, 5.74) is 0.477. The summed E-state index contributed by atoms with van der Waals surface area (Å²) in [4.78, 5) is 2.36. The van der Waals surface area contributed by atoms with Gasteiger partial charge in [-0.15, -0.1) is 0 Å². The molecule has 2 nitrogen and oxygen atoms in total. The average molecular weight is 294 g/mol. The monoisotopic (exact) mass is 294 g/mol. The van der Waals surface area contributed by atoms with Crippen molar-refractivity contribution in [3.8, 4) is 0 Å². The highest BCUT2D eigenvalue weighted by atomic mass is 19.1. The maximum absolute atomic E-state index is 13.9. The van der Waals surface area contributed by atoms with Crippen molar-refractivity contribution in [3.05, 3.63) is 35.4 Å². The Balaban J connectivity index is 1.76. The molecule has 2 aliphatic rings. The number of benzene rings is 1. The van der Waals surface area contributed by atoms with Gasteiger partial charge in [-0.05, 0) is 42.9 Å². The summed E-state index contributed by atoms with van der Waals surface area (Å²) < 4.78 is 27.3. The molecular weight excluding hydrogens is 270 g/mol. The number of hydrogen-bond donors (Lipinski definition) is 1. The summed E-state index contributed by atoms with van der Waals surface area (Å²) in [6, 6.07) is 4.65. The third kappa shape index (κ3) is 3.43. The van der Waals surface area contributed by atoms with Gasteiger partial charge in [0.05, 0.1) is 0 Å². The minimum Gasteiger partial charge on any atom is -0.311 e. The predicted octanol–water partition coefficient (Wildman–Crippen LogP) is 3.17. The number of piperazine rings is 1. The zero-order chi connectivity index (χ0) is 15.0. The molecule has 116 valence electrons. The van der Waals surface area contributed by atoms with Gasteiger partial charge in [0.2, 0.25) is 0 Å². The first kappa shape index (κ1) is 14.9. The van der Waals surface area contributed by atoms with Gasteiger partial charge in [0, 0.05) is 37.3 Å². The molecule has 1 saturated heterocycles. The van der Waals surface area contributed by atoms with Crippen molar-refractivity contribution in [2.75, 3.05) is 13.1 Å². The standard InChI is InChI=1S/C17H24F2N2/c1-11(2)16-10-21(17(8-20-16)12-3-4-12)9-13-7-14(18)5-6-15(13)19/h5-7,11-12,16-17,20H,3-4,8-10H2,1-2H3. The lowest BCUT2D eigenvalue weighted by Crippen LogP contribution is -2.58. The van der Waals surface area contributed by atoms with Gasteiger partial charge in [0.15, 0.2) is 0 Å². The lowest BCUT2D eigenvalue weighted by Gasteiger charge is -2.42. The second-order valence-corrected chi connectivity index (χ2v) is 6.83. The zero-order valence-corrected chi connectivity index (χ0v) is 12.8. The molecule has 21 heavy (non-hydrogen) atoms. The first-order valence-corrected chi connectivity index (χ1v) is 7.96. The van der Waals surface area contributed by atoms with Gasteiger partial charge in [-0.3, -0.25) is 4.90 Å². The molecule has 3 rings (SSSR count). The van der Waals surface area contributed by atoms with Crippen molar-refractivity contribution in [1.29, 1.82) is 0 Å². The topological polar surface area (TPSA) is 15.3 Å². The highest BCUT2D eigenvalue weighted by molar-refractivity contribution is 5.19. The van der Waals surface area contributed by atoms with E-state index in [4.69, 9.17) is 0 Å². The van der Waals surface area contributed by atoms with Crippen LogP contribution in [-0.2, 0) is 6.54 Å². The fraction of sp³-hybridized carbons (Fsp3) is 0.647. The van der Waals surface area contributed by atoms with Gasteiger partial charge in [-0.25, -0.2) is 8.78 Å². The summed E-state index contributed by atoms with van der Waals surface area (Å²) in [6.45, 7) is 6.79. The van der Waals surface area contributed by atoms with Crippen molar-refractivity contribution in [2.24, 2.45) is 11.8 Å². The van der Waals surface area contributed by atoms with Crippen molar-refractivity contribution in [1.82, 2.24) is 10.2 Å². The SMILES string of the molecule is CC(C)C1CN(Cc2cc(F)ccc2F)C(C2CC2)CN1. The van der Waals surface area contributed by atoms with Crippen LogP contribution in [0.5, 0.6) is 0 Å². The molecule has 1 aliphatic carbocycles. The maximum atomic E-state index is 13.9. The minimum atomic E-state index is -0.357. The number of halogens is 2. The third-order valence-electron chi connectivity index (χ3n) is 4.84. The highest BCUT2D eigenvalue weighted by Crippen LogP contribution is 2.37. The molecule has 0 spiro atoms. The van der Waals surface area contributed by atoms with Crippen LogP contribution in [0.15, 0.2) is 18.2 Å². The molecule has 4 heteroatoms. The van der Waals surface area contributed by atoms with Crippen molar-refractivity contribution < 1.29 is 8.78 Å². The van der Waals surface area contributed by atoms with Crippen LogP contribution in [0.3, 0.4) is 0 Å². The Morgan fingerprint density at radius 2 is 2.05 bits per heavy atom. The zero-order valence-electron chi connectivity index (χ0n) is 12.8. The van der Waals surface area contributed by atoms with Crippen LogP contribution < -0.4 is 5.32 Å². The Morgan fingerprint density at radius 3 is 2.71 bits per heavy atom. The molecule has 0 aromatic heterocycles. The number of nitrogens with one attached hydrogen (secondary N) is 1. The van der Waals surface area contributed by atoms with E-state index in [2.05, 4.69) is 24.1 Å². The van der Waals surface area contributed by atoms with Crippen LogP contribution in [0, 0.1) is 23.5 Å². The van der Waals surface area contributed by atoms with E-state index in [0.717, 1.165) is 19.0 Å². The van der Waals surface area contributed by atoms with E-state index < -0.39 is 0 Å². The molecule has 1 aromatic rings. The fourth-order valence-corrected chi connectivity index (χ4v) is 3.31. The molecule has 2 atom stereocenters. The largest absolute Gasteiger partial charge is 0.311 e. The second-order valence-electron chi connectivity index (χ2n) is 6.83. The van der Waals surface area contributed by atoms with Gasteiger partial charge in [-0.1, -0.05) is 13.8 Å². The van der Waals surface area contributed by atoms with Crippen LogP contribution >= 0.6 is 0 Å². The van der Waals surface area contributed by atoms with Crippen LogP contribution in [0.25, 0.3) is 0 Å². The Bertz CT molecular complexity index is 500. The second kappa shape index (κ2) is 6.01. The first-order valence-electron chi connectivity index (χ1n) is 7.96. The molecule has 2 fully saturated rings. The van der Waals surface area contributed by atoms with E-state index in [1.165, 1.54) is 31.0 Å². The molecule has 1 aromatic carbocycles. The lowest BCUT2D eigenvalue weighted by atomic mass is 9.97. The molecule has 0 bridgehead atoms. The molecule has 1 saturated carbocycles. The maximum Gasteiger partial charge on any atom is 0.127 e. The Labute approximate surface area is 125 Å². The molecule has 0 amide bonds. The van der Waals surface area contributed by atoms with Gasteiger partial charge in [-0.2, -0.15) is 0 Å². The molecular formula is C17H24F2N2. The quantitative estimate of drug-likeness (QED) is 0.917. The van der Waals surface area contributed by atoms with Crippen LogP contribution in [0.4, 0.5) is 8.78 Å². The molecule has 1 N–H and O–H groups in total. The van der Waals surface area contributed by atoms with Crippen LogP contribution in [-0.4, -0.2) is 30.1 Å². The van der Waals surface area contributed by atoms with E-state index in [0.29, 0.717) is 30.1 Å². The van der Waals surface area contributed by atoms with E-state index >= 15 is 0 Å². The Kier molecular flexibility index (Phi) is 4.27. The smallest absolute Gasteiger partial charge is 0.127 e. The number of rotatable bonds is 4. The van der Waals surface area contributed by atoms with Crippen molar-refractivity contribution in [2.45, 2.75) is 45.3 Å². The molecule has 0 radical (unpaired) electrons. The fourth-order valence-electron chi connectivity index (χ4n) is 3.31. The van der Waals surface area contributed by atoms with Crippen molar-refractivity contribution >= 4 is 0 Å². The van der Waals surface area contributed by atoms with E-state index in [-0.39, 0.29) is 11.6 Å². The summed E-state index contributed by atoms with van der Waals surface area (Å²) in [5, 5.41) is 3.62. The summed E-state index contributed by atoms with van der Waals surface area (Å²) in [7, 11) is 0. The molecule has 1 heterocycles. The van der Waals surface area contributed by atoms with Crippen LogP contribution in [0.1, 0.15) is 32.3 Å². The lowest BCUT2D eigenvalue weighted by molar-refractivity contribution is 0.0914. The molecule has 2 unspecified atom stereocenters. The minimum absolute atomic E-state index is 0.300. The average Bonchev–Trinajstić information content (AvgIpc) is 3.27. The van der Waals surface area contributed by atoms with E-state index in [1.54, 1.807) is 0 Å². The summed E-state index contributed by atoms with van der Waals surface area (Å²) in [5.74, 6) is 0.614. The van der Waals surface area contributed by atoms with Gasteiger partial charge < -0.3 is 5.32 Å². The Morgan fingerprint density at radius 1 is 1.29 bits per heavy atom. The predicted molar refractivity (Wildman–Crippen MR) is 79.9 cm³/mol. The third-order valence-corrected chi connectivity index (χ3v) is 4.84. The highest BCUT2D eigenvalue weighted by Gasteiger charge is 2.39. The van der Waals surface area contributed by atoms with Gasteiger partial charge in [0.1, 0.15) is 11.6 Å². The van der Waals surface area contributed by atoms with Crippen molar-refractivity contribution in [3.63, 3.8) is 0 Å².